The molecule has 0 spiro atoms. The maximum absolute atomic E-state index is 12.6. The molecule has 0 N–H and O–H groups in total. The van der Waals surface area contributed by atoms with Crippen molar-refractivity contribution < 1.29 is 17.9 Å². The average Bonchev–Trinajstić information content (AvgIpc) is 2.40. The molecule has 0 aromatic heterocycles. The fraction of sp³-hybridized carbons (Fsp3) is 0.429. The van der Waals surface area contributed by atoms with Gasteiger partial charge in [0.15, 0.2) is 0 Å². The predicted octanol–water partition coefficient (Wildman–Crippen LogP) is 5.52. The van der Waals surface area contributed by atoms with Crippen LogP contribution < -0.4 is 4.74 Å². The molecule has 0 bridgehead atoms. The van der Waals surface area contributed by atoms with Crippen molar-refractivity contribution in [2.24, 2.45) is 0 Å². The first kappa shape index (κ1) is 14.4. The van der Waals surface area contributed by atoms with Crippen LogP contribution in [0.2, 0.25) is 0 Å². The monoisotopic (exact) mass is 334 g/mol. The molecule has 1 aromatic rings. The first-order valence-corrected chi connectivity index (χ1v) is 7.10. The van der Waals surface area contributed by atoms with Gasteiger partial charge in [-0.25, -0.2) is 0 Å². The Morgan fingerprint density at radius 3 is 2.11 bits per heavy atom. The van der Waals surface area contributed by atoms with E-state index in [4.69, 9.17) is 0 Å². The van der Waals surface area contributed by atoms with E-state index in [9.17, 15) is 13.2 Å². The minimum Gasteiger partial charge on any atom is -0.428 e. The summed E-state index contributed by atoms with van der Waals surface area (Å²) < 4.78 is 40.8. The molecule has 0 saturated heterocycles. The van der Waals surface area contributed by atoms with E-state index in [0.29, 0.717) is 10.7 Å². The molecule has 0 amide bonds. The highest BCUT2D eigenvalue weighted by atomic mass is 79.9. The normalized spacial score (nSPS) is 22.9. The van der Waals surface area contributed by atoms with Crippen LogP contribution in [0.4, 0.5) is 13.2 Å². The van der Waals surface area contributed by atoms with E-state index in [-0.39, 0.29) is 5.75 Å². The first-order valence-electron chi connectivity index (χ1n) is 6.19. The summed E-state index contributed by atoms with van der Waals surface area (Å²) in [5.74, 6) is 0.573. The Hall–Kier alpha value is -0.970. The van der Waals surface area contributed by atoms with Crippen LogP contribution in [0.1, 0.15) is 37.2 Å². The van der Waals surface area contributed by atoms with Crippen LogP contribution in [0, 0.1) is 0 Å². The molecule has 1 nitrogen and oxygen atoms in total. The van der Waals surface area contributed by atoms with Crippen LogP contribution in [0.25, 0.3) is 0 Å². The van der Waals surface area contributed by atoms with Crippen molar-refractivity contribution in [2.45, 2.75) is 36.4 Å². The maximum Gasteiger partial charge on any atom is 0.344 e. The van der Waals surface area contributed by atoms with Gasteiger partial charge in [0.2, 0.25) is 0 Å². The number of hydrogen-bond donors (Lipinski definition) is 0. The van der Waals surface area contributed by atoms with Gasteiger partial charge in [-0.3, -0.25) is 0 Å². The zero-order valence-corrected chi connectivity index (χ0v) is 11.8. The van der Waals surface area contributed by atoms with Crippen molar-refractivity contribution in [3.05, 3.63) is 41.9 Å². The number of rotatable bonds is 3. The van der Waals surface area contributed by atoms with Gasteiger partial charge in [0.1, 0.15) is 5.75 Å². The summed E-state index contributed by atoms with van der Waals surface area (Å²) in [7, 11) is 0. The van der Waals surface area contributed by atoms with Crippen LogP contribution in [0.3, 0.4) is 0 Å². The lowest BCUT2D eigenvalue weighted by Crippen LogP contribution is -2.12. The molecule has 19 heavy (non-hydrogen) atoms. The highest BCUT2D eigenvalue weighted by molar-refractivity contribution is 9.09. The number of benzene rings is 1. The van der Waals surface area contributed by atoms with E-state index >= 15 is 0 Å². The first-order chi connectivity index (χ1) is 9.06. The number of halogens is 4. The van der Waals surface area contributed by atoms with Crippen molar-refractivity contribution in [1.29, 1.82) is 0 Å². The van der Waals surface area contributed by atoms with Gasteiger partial charge in [0.25, 0.3) is 0 Å². The van der Waals surface area contributed by atoms with Gasteiger partial charge in [-0.2, -0.15) is 13.2 Å². The van der Waals surface area contributed by atoms with Gasteiger partial charge < -0.3 is 4.74 Å². The fourth-order valence-corrected chi connectivity index (χ4v) is 2.86. The molecule has 1 aliphatic rings. The van der Waals surface area contributed by atoms with Gasteiger partial charge in [-0.1, -0.05) is 28.1 Å². The molecule has 0 aliphatic heterocycles. The van der Waals surface area contributed by atoms with Crippen molar-refractivity contribution in [2.75, 3.05) is 0 Å². The summed E-state index contributed by atoms with van der Waals surface area (Å²) in [4.78, 5) is 0.595. The fourth-order valence-electron chi connectivity index (χ4n) is 2.34. The second kappa shape index (κ2) is 6.46. The Morgan fingerprint density at radius 1 is 1.00 bits per heavy atom. The number of alkyl halides is 1. The summed E-state index contributed by atoms with van der Waals surface area (Å²) in [5.41, 5.74) is 1.15. The van der Waals surface area contributed by atoms with Gasteiger partial charge in [-0.05, 0) is 49.3 Å². The van der Waals surface area contributed by atoms with E-state index < -0.39 is 12.1 Å². The molecule has 1 aliphatic carbocycles. The molecule has 0 heterocycles. The molecular formula is C14H14BrF3O. The summed E-state index contributed by atoms with van der Waals surface area (Å²) in [5, 5.41) is 0. The Balaban J connectivity index is 2.00. The van der Waals surface area contributed by atoms with Gasteiger partial charge in [-0.15, -0.1) is 0 Å². The quantitative estimate of drug-likeness (QED) is 0.522. The smallest absolute Gasteiger partial charge is 0.344 e. The molecule has 1 aromatic carbocycles. The molecule has 0 unspecified atom stereocenters. The van der Waals surface area contributed by atoms with Crippen molar-refractivity contribution in [3.63, 3.8) is 0 Å². The third-order valence-electron chi connectivity index (χ3n) is 3.36. The van der Waals surface area contributed by atoms with Crippen LogP contribution in [0.5, 0.6) is 5.75 Å². The zero-order chi connectivity index (χ0) is 13.8. The van der Waals surface area contributed by atoms with Crippen LogP contribution in [-0.4, -0.2) is 4.83 Å². The maximum atomic E-state index is 12.6. The van der Waals surface area contributed by atoms with Gasteiger partial charge >= 0.3 is 12.1 Å². The van der Waals surface area contributed by atoms with E-state index in [0.717, 1.165) is 31.2 Å². The van der Waals surface area contributed by atoms with Crippen molar-refractivity contribution in [1.82, 2.24) is 0 Å². The van der Waals surface area contributed by atoms with E-state index in [1.54, 1.807) is 0 Å². The summed E-state index contributed by atoms with van der Waals surface area (Å²) in [6, 6.07) is 4.85. The molecule has 5 heteroatoms. The number of hydrogen-bond acceptors (Lipinski definition) is 1. The number of ether oxygens (including phenoxy) is 1. The Labute approximate surface area is 118 Å². The summed E-state index contributed by atoms with van der Waals surface area (Å²) in [6.45, 7) is 0. The lowest BCUT2D eigenvalue weighted by atomic mass is 9.84. The highest BCUT2D eigenvalue weighted by Gasteiger charge is 2.20. The Morgan fingerprint density at radius 2 is 1.58 bits per heavy atom. The standard InChI is InChI=1S/C14H14BrF3O/c15-11-5-1-9(2-6-11)10-3-7-12(8-4-10)19-14(18)13(16)17/h3-4,7-9,11H,1-2,5-6H2. The summed E-state index contributed by atoms with van der Waals surface area (Å²) >= 11 is 3.60. The third kappa shape index (κ3) is 4.00. The van der Waals surface area contributed by atoms with Crippen molar-refractivity contribution in [3.8, 4) is 5.75 Å². The largest absolute Gasteiger partial charge is 0.428 e. The molecule has 104 valence electrons. The van der Waals surface area contributed by atoms with Crippen LogP contribution >= 0.6 is 15.9 Å². The topological polar surface area (TPSA) is 9.23 Å². The van der Waals surface area contributed by atoms with Gasteiger partial charge in [0.05, 0.1) is 0 Å². The van der Waals surface area contributed by atoms with Crippen LogP contribution in [0.15, 0.2) is 36.4 Å². The molecular weight excluding hydrogens is 321 g/mol. The molecule has 1 fully saturated rings. The Bertz CT molecular complexity index is 446. The Kier molecular flexibility index (Phi) is 4.91. The average molecular weight is 335 g/mol. The molecule has 2 rings (SSSR count). The second-order valence-electron chi connectivity index (χ2n) is 4.65. The third-order valence-corrected chi connectivity index (χ3v) is 4.28. The zero-order valence-electron chi connectivity index (χ0n) is 10.2. The van der Waals surface area contributed by atoms with E-state index in [1.807, 2.05) is 12.1 Å². The molecule has 1 saturated carbocycles. The minimum absolute atomic E-state index is 0.0863. The predicted molar refractivity (Wildman–Crippen MR) is 71.3 cm³/mol. The minimum atomic E-state index is -2.44. The van der Waals surface area contributed by atoms with E-state index in [2.05, 4.69) is 20.7 Å². The lowest BCUT2D eigenvalue weighted by molar-refractivity contribution is 0.241. The van der Waals surface area contributed by atoms with E-state index in [1.165, 1.54) is 12.1 Å². The van der Waals surface area contributed by atoms with Crippen molar-refractivity contribution >= 4 is 15.9 Å². The second-order valence-corrected chi connectivity index (χ2v) is 5.95. The van der Waals surface area contributed by atoms with Crippen LogP contribution in [-0.2, 0) is 0 Å². The SMILES string of the molecule is FC(F)=C(F)Oc1ccc(C2CCC(Br)CC2)cc1. The van der Waals surface area contributed by atoms with Gasteiger partial charge in [0, 0.05) is 4.83 Å². The lowest BCUT2D eigenvalue weighted by Gasteiger charge is -2.25. The molecule has 0 atom stereocenters. The molecule has 0 radical (unpaired) electrons. The highest BCUT2D eigenvalue weighted by Crippen LogP contribution is 2.36. The summed E-state index contributed by atoms with van der Waals surface area (Å²) in [6.07, 6.45) is 2.02.